The molecule has 0 N–H and O–H groups in total. The molecular weight excluding hydrogens is 426 g/mol. The number of likely N-dealkylation sites (N-methyl/N-ethyl adjacent to an activating group) is 1. The van der Waals surface area contributed by atoms with Gasteiger partial charge in [0.25, 0.3) is 0 Å². The second-order valence-electron chi connectivity index (χ2n) is 11.5. The van der Waals surface area contributed by atoms with Gasteiger partial charge in [-0.3, -0.25) is 0 Å². The summed E-state index contributed by atoms with van der Waals surface area (Å²) in [5, 5.41) is 0. The molecule has 204 valence electrons. The molecule has 0 aliphatic heterocycles. The summed E-state index contributed by atoms with van der Waals surface area (Å²) in [5.41, 5.74) is 0. The van der Waals surface area contributed by atoms with Gasteiger partial charge >= 0.3 is 0 Å². The lowest BCUT2D eigenvalue weighted by molar-refractivity contribution is -0.870. The number of hydrogen-bond donors (Lipinski definition) is 0. The SMILES string of the molecule is CCCCCCCCCC(CCOCC(COCCOCC[N+](C)(C)C)OC)C1CCCCC1. The predicted octanol–water partition coefficient (Wildman–Crippen LogP) is 6.48. The highest BCUT2D eigenvalue weighted by Gasteiger charge is 2.23. The van der Waals surface area contributed by atoms with E-state index in [-0.39, 0.29) is 6.10 Å². The minimum atomic E-state index is 0.00231. The van der Waals surface area contributed by atoms with Crippen LogP contribution in [-0.2, 0) is 18.9 Å². The van der Waals surface area contributed by atoms with Gasteiger partial charge in [0.15, 0.2) is 0 Å². The molecule has 0 heterocycles. The van der Waals surface area contributed by atoms with Gasteiger partial charge < -0.3 is 23.4 Å². The Morgan fingerprint density at radius 2 is 1.32 bits per heavy atom. The van der Waals surface area contributed by atoms with Crippen LogP contribution in [0.5, 0.6) is 0 Å². The van der Waals surface area contributed by atoms with Gasteiger partial charge in [-0.05, 0) is 18.3 Å². The van der Waals surface area contributed by atoms with Crippen molar-refractivity contribution in [2.24, 2.45) is 11.8 Å². The summed E-state index contributed by atoms with van der Waals surface area (Å²) in [5.74, 6) is 1.77. The van der Waals surface area contributed by atoms with Gasteiger partial charge in [-0.15, -0.1) is 0 Å². The van der Waals surface area contributed by atoms with Crippen molar-refractivity contribution >= 4 is 0 Å². The van der Waals surface area contributed by atoms with Crippen molar-refractivity contribution < 1.29 is 23.4 Å². The molecule has 2 atom stereocenters. The maximum absolute atomic E-state index is 6.07. The van der Waals surface area contributed by atoms with E-state index in [1.54, 1.807) is 7.11 Å². The van der Waals surface area contributed by atoms with Crippen LogP contribution in [0.15, 0.2) is 0 Å². The van der Waals surface area contributed by atoms with Crippen molar-refractivity contribution in [2.45, 2.75) is 103 Å². The van der Waals surface area contributed by atoms with Crippen molar-refractivity contribution in [3.8, 4) is 0 Å². The summed E-state index contributed by atoms with van der Waals surface area (Å²) in [4.78, 5) is 0. The van der Waals surface area contributed by atoms with E-state index in [1.165, 1.54) is 89.9 Å². The smallest absolute Gasteiger partial charge is 0.104 e. The third-order valence-electron chi connectivity index (χ3n) is 7.35. The maximum atomic E-state index is 6.07. The molecule has 1 saturated carbocycles. The molecule has 5 nitrogen and oxygen atoms in total. The molecule has 1 aliphatic carbocycles. The van der Waals surface area contributed by atoms with Crippen LogP contribution in [0.4, 0.5) is 0 Å². The van der Waals surface area contributed by atoms with Gasteiger partial charge in [0.05, 0.1) is 54.2 Å². The molecule has 2 unspecified atom stereocenters. The topological polar surface area (TPSA) is 36.9 Å². The van der Waals surface area contributed by atoms with Gasteiger partial charge in [0.1, 0.15) is 12.6 Å². The van der Waals surface area contributed by atoms with E-state index in [9.17, 15) is 0 Å². The van der Waals surface area contributed by atoms with E-state index in [0.29, 0.717) is 26.4 Å². The lowest BCUT2D eigenvalue weighted by Gasteiger charge is -2.30. The van der Waals surface area contributed by atoms with Crippen molar-refractivity contribution in [2.75, 3.05) is 74.4 Å². The molecule has 1 aliphatic rings. The van der Waals surface area contributed by atoms with E-state index in [1.807, 2.05) is 0 Å². The minimum Gasteiger partial charge on any atom is -0.379 e. The summed E-state index contributed by atoms with van der Waals surface area (Å²) in [6.45, 7) is 7.36. The van der Waals surface area contributed by atoms with Crippen LogP contribution in [0.25, 0.3) is 0 Å². The van der Waals surface area contributed by atoms with Gasteiger partial charge in [0.2, 0.25) is 0 Å². The monoisotopic (exact) mass is 486 g/mol. The summed E-state index contributed by atoms with van der Waals surface area (Å²) in [6, 6.07) is 0. The zero-order valence-corrected chi connectivity index (χ0v) is 23.7. The Bertz CT molecular complexity index is 434. The Labute approximate surface area is 212 Å². The number of nitrogens with zero attached hydrogens (tertiary/aromatic N) is 1. The fraction of sp³-hybridized carbons (Fsp3) is 1.00. The number of hydrogen-bond acceptors (Lipinski definition) is 4. The molecule has 5 heteroatoms. The molecule has 0 aromatic heterocycles. The van der Waals surface area contributed by atoms with Crippen LogP contribution in [0.3, 0.4) is 0 Å². The second-order valence-corrected chi connectivity index (χ2v) is 11.5. The molecule has 0 amide bonds. The van der Waals surface area contributed by atoms with Crippen molar-refractivity contribution in [1.82, 2.24) is 0 Å². The molecular formula is C29H60NO4+. The lowest BCUT2D eigenvalue weighted by Crippen LogP contribution is -2.37. The highest BCUT2D eigenvalue weighted by Crippen LogP contribution is 2.34. The van der Waals surface area contributed by atoms with Crippen LogP contribution in [0.1, 0.15) is 96.8 Å². The first kappa shape index (κ1) is 31.8. The fourth-order valence-corrected chi connectivity index (χ4v) is 4.99. The quantitative estimate of drug-likeness (QED) is 0.122. The normalized spacial score (nSPS) is 17.2. The fourth-order valence-electron chi connectivity index (χ4n) is 4.99. The third-order valence-corrected chi connectivity index (χ3v) is 7.35. The van der Waals surface area contributed by atoms with E-state index in [4.69, 9.17) is 18.9 Å². The predicted molar refractivity (Wildman–Crippen MR) is 143 cm³/mol. The minimum absolute atomic E-state index is 0.00231. The Hall–Kier alpha value is -0.200. The van der Waals surface area contributed by atoms with Crippen LogP contribution < -0.4 is 0 Å². The first-order chi connectivity index (χ1) is 16.5. The van der Waals surface area contributed by atoms with Gasteiger partial charge in [0, 0.05) is 13.7 Å². The first-order valence-corrected chi connectivity index (χ1v) is 14.5. The van der Waals surface area contributed by atoms with E-state index in [0.717, 1.165) is 36.1 Å². The van der Waals surface area contributed by atoms with E-state index < -0.39 is 0 Å². The Morgan fingerprint density at radius 3 is 1.97 bits per heavy atom. The Balaban J connectivity index is 2.17. The van der Waals surface area contributed by atoms with E-state index >= 15 is 0 Å². The zero-order chi connectivity index (χ0) is 24.9. The van der Waals surface area contributed by atoms with Crippen molar-refractivity contribution in [3.63, 3.8) is 0 Å². The highest BCUT2D eigenvalue weighted by molar-refractivity contribution is 4.74. The van der Waals surface area contributed by atoms with Gasteiger partial charge in [-0.25, -0.2) is 0 Å². The molecule has 1 fully saturated rings. The molecule has 0 aromatic carbocycles. The zero-order valence-electron chi connectivity index (χ0n) is 23.7. The van der Waals surface area contributed by atoms with Crippen LogP contribution in [0, 0.1) is 11.8 Å². The number of methoxy groups -OCH3 is 1. The van der Waals surface area contributed by atoms with Crippen LogP contribution >= 0.6 is 0 Å². The lowest BCUT2D eigenvalue weighted by atomic mass is 9.76. The standard InChI is InChI=1S/C29H60NO4/c1-6-7-8-9-10-11-13-18-28(27-16-14-12-15-17-27)19-21-33-25-29(31-5)26-34-24-23-32-22-20-30(2,3)4/h27-29H,6-26H2,1-5H3/q+1. The first-order valence-electron chi connectivity index (χ1n) is 14.5. The Kier molecular flexibility index (Phi) is 19.6. The Morgan fingerprint density at radius 1 is 0.706 bits per heavy atom. The number of unbranched alkanes of at least 4 members (excludes halogenated alkanes) is 6. The van der Waals surface area contributed by atoms with Crippen molar-refractivity contribution in [3.05, 3.63) is 0 Å². The number of quaternary nitrogens is 1. The van der Waals surface area contributed by atoms with Gasteiger partial charge in [-0.1, -0.05) is 90.4 Å². The summed E-state index contributed by atoms with van der Waals surface area (Å²) >= 11 is 0. The number of ether oxygens (including phenoxy) is 4. The third kappa shape index (κ3) is 18.1. The summed E-state index contributed by atoms with van der Waals surface area (Å²) in [7, 11) is 8.28. The highest BCUT2D eigenvalue weighted by atomic mass is 16.6. The number of rotatable bonds is 23. The van der Waals surface area contributed by atoms with Gasteiger partial charge in [-0.2, -0.15) is 0 Å². The average Bonchev–Trinajstić information content (AvgIpc) is 2.82. The van der Waals surface area contributed by atoms with E-state index in [2.05, 4.69) is 28.1 Å². The molecule has 34 heavy (non-hydrogen) atoms. The summed E-state index contributed by atoms with van der Waals surface area (Å²) < 4.78 is 24.0. The molecule has 0 spiro atoms. The summed E-state index contributed by atoms with van der Waals surface area (Å²) in [6.07, 6.45) is 19.6. The van der Waals surface area contributed by atoms with Crippen LogP contribution in [0.2, 0.25) is 0 Å². The van der Waals surface area contributed by atoms with Crippen LogP contribution in [-0.4, -0.2) is 85.0 Å². The maximum Gasteiger partial charge on any atom is 0.104 e. The largest absolute Gasteiger partial charge is 0.379 e. The molecule has 0 saturated heterocycles. The molecule has 0 aromatic rings. The molecule has 0 bridgehead atoms. The molecule has 1 rings (SSSR count). The molecule has 0 radical (unpaired) electrons. The average molecular weight is 487 g/mol. The van der Waals surface area contributed by atoms with Crippen molar-refractivity contribution in [1.29, 1.82) is 0 Å². The second kappa shape index (κ2) is 20.9.